The molecule has 1 N–H and O–H groups in total. The molecule has 0 aromatic carbocycles. The second-order valence-electron chi connectivity index (χ2n) is 7.76. The van der Waals surface area contributed by atoms with E-state index in [0.29, 0.717) is 31.0 Å². The lowest BCUT2D eigenvalue weighted by molar-refractivity contribution is -0.121. The Kier molecular flexibility index (Phi) is 11.8. The van der Waals surface area contributed by atoms with E-state index in [0.717, 1.165) is 51.5 Å². The molecule has 0 aromatic rings. The number of hydrogen-bond donors (Lipinski definition) is 1. The highest BCUT2D eigenvalue weighted by molar-refractivity contribution is 5.76. The highest BCUT2D eigenvalue weighted by Crippen LogP contribution is 2.31. The van der Waals surface area contributed by atoms with Crippen molar-refractivity contribution in [2.75, 3.05) is 6.54 Å². The molecule has 1 amide bonds. The third-order valence-corrected chi connectivity index (χ3v) is 5.17. The van der Waals surface area contributed by atoms with Crippen molar-refractivity contribution >= 4 is 11.7 Å². The van der Waals surface area contributed by atoms with Crippen LogP contribution in [0.15, 0.2) is 0 Å². The van der Waals surface area contributed by atoms with Crippen LogP contribution in [-0.2, 0) is 14.3 Å². The van der Waals surface area contributed by atoms with Gasteiger partial charge in [-0.2, -0.15) is 0 Å². The van der Waals surface area contributed by atoms with Crippen LogP contribution in [0.5, 0.6) is 0 Å². The van der Waals surface area contributed by atoms with Gasteiger partial charge in [-0.3, -0.25) is 4.79 Å². The summed E-state index contributed by atoms with van der Waals surface area (Å²) in [6, 6.07) is 0. The maximum atomic E-state index is 11.8. The molecule has 1 saturated heterocycles. The normalized spacial score (nSPS) is 22.9. The summed E-state index contributed by atoms with van der Waals surface area (Å²) in [5.41, 5.74) is 0. The lowest BCUT2D eigenvalue weighted by atomic mass is 9.96. The van der Waals surface area contributed by atoms with Crippen molar-refractivity contribution in [3.8, 4) is 0 Å². The Morgan fingerprint density at radius 3 is 2.44 bits per heavy atom. The molecule has 3 atom stereocenters. The molecule has 1 heterocycles. The fourth-order valence-corrected chi connectivity index (χ4v) is 3.66. The van der Waals surface area contributed by atoms with Crippen LogP contribution in [0.2, 0.25) is 0 Å². The minimum Gasteiger partial charge on any atom is -0.375 e. The van der Waals surface area contributed by atoms with Gasteiger partial charge in [0, 0.05) is 19.4 Å². The summed E-state index contributed by atoms with van der Waals surface area (Å²) in [6.45, 7) is 6.90. The number of unbranched alkanes of at least 4 members (excludes halogenated alkanes) is 4. The molecule has 0 aliphatic carbocycles. The summed E-state index contributed by atoms with van der Waals surface area (Å²) in [5.74, 6) is 1.10. The first-order chi connectivity index (χ1) is 12.0. The number of Topliss-reactive ketones (excluding diaryl/α,β-unsaturated/α-hetero) is 1. The first-order valence-corrected chi connectivity index (χ1v) is 10.4. The lowest BCUT2D eigenvalue weighted by Gasteiger charge is -2.15. The second-order valence-corrected chi connectivity index (χ2v) is 7.76. The molecular weight excluding hydrogens is 314 g/mol. The van der Waals surface area contributed by atoms with E-state index in [1.54, 1.807) is 6.92 Å². The van der Waals surface area contributed by atoms with E-state index in [-0.39, 0.29) is 11.7 Å². The van der Waals surface area contributed by atoms with Crippen molar-refractivity contribution in [2.24, 2.45) is 5.92 Å². The topological polar surface area (TPSA) is 55.4 Å². The number of carbonyl (C=O) groups excluding carboxylic acids is 2. The summed E-state index contributed by atoms with van der Waals surface area (Å²) < 4.78 is 6.14. The molecule has 146 valence electrons. The Balaban J connectivity index is 1.93. The molecule has 1 aliphatic heterocycles. The molecule has 4 heteroatoms. The van der Waals surface area contributed by atoms with Crippen molar-refractivity contribution in [3.63, 3.8) is 0 Å². The van der Waals surface area contributed by atoms with Crippen LogP contribution in [0.4, 0.5) is 0 Å². The van der Waals surface area contributed by atoms with Gasteiger partial charge in [0.2, 0.25) is 5.91 Å². The van der Waals surface area contributed by atoms with Gasteiger partial charge in [-0.1, -0.05) is 39.5 Å². The highest BCUT2D eigenvalue weighted by atomic mass is 16.5. The minimum absolute atomic E-state index is 0.167. The standard InChI is InChI=1S/C21H39NO3/c1-4-11-19-16-17(2)20(25-19)13-8-5-9-14-21(24)22-15-10-6-7-12-18(3)23/h17,19-20H,4-16H2,1-3H3,(H,22,24). The molecule has 4 nitrogen and oxygen atoms in total. The van der Waals surface area contributed by atoms with Crippen molar-refractivity contribution in [2.45, 2.75) is 110 Å². The molecule has 0 spiro atoms. The SMILES string of the molecule is CCCC1CC(C)C(CCCCCC(=O)NCCCCCC(C)=O)O1. The van der Waals surface area contributed by atoms with Crippen LogP contribution in [0, 0.1) is 5.92 Å². The number of carbonyl (C=O) groups is 2. The van der Waals surface area contributed by atoms with E-state index in [4.69, 9.17) is 4.74 Å². The van der Waals surface area contributed by atoms with Gasteiger partial charge in [0.25, 0.3) is 0 Å². The number of nitrogens with one attached hydrogen (secondary N) is 1. The molecule has 0 aromatic heterocycles. The first kappa shape index (κ1) is 22.1. The Bertz CT molecular complexity index is 383. The summed E-state index contributed by atoms with van der Waals surface area (Å²) in [6.07, 6.45) is 13.1. The van der Waals surface area contributed by atoms with E-state index in [2.05, 4.69) is 19.2 Å². The van der Waals surface area contributed by atoms with Gasteiger partial charge in [0.1, 0.15) is 5.78 Å². The Morgan fingerprint density at radius 2 is 1.72 bits per heavy atom. The zero-order valence-electron chi connectivity index (χ0n) is 16.6. The van der Waals surface area contributed by atoms with Gasteiger partial charge in [-0.15, -0.1) is 0 Å². The van der Waals surface area contributed by atoms with Gasteiger partial charge in [-0.05, 0) is 51.4 Å². The van der Waals surface area contributed by atoms with Crippen molar-refractivity contribution in [1.82, 2.24) is 5.32 Å². The fraction of sp³-hybridized carbons (Fsp3) is 0.905. The molecule has 1 fully saturated rings. The highest BCUT2D eigenvalue weighted by Gasteiger charge is 2.30. The molecule has 1 aliphatic rings. The monoisotopic (exact) mass is 353 g/mol. The Morgan fingerprint density at radius 1 is 1.00 bits per heavy atom. The minimum atomic E-state index is 0.167. The molecule has 3 unspecified atom stereocenters. The molecule has 0 saturated carbocycles. The maximum absolute atomic E-state index is 11.8. The number of amides is 1. The summed E-state index contributed by atoms with van der Waals surface area (Å²) in [7, 11) is 0. The van der Waals surface area contributed by atoms with Crippen LogP contribution in [0.3, 0.4) is 0 Å². The zero-order valence-corrected chi connectivity index (χ0v) is 16.6. The van der Waals surface area contributed by atoms with Crippen molar-refractivity contribution in [1.29, 1.82) is 0 Å². The summed E-state index contributed by atoms with van der Waals surface area (Å²) in [5, 5.41) is 2.98. The van der Waals surface area contributed by atoms with Crippen LogP contribution in [0.1, 0.15) is 97.8 Å². The van der Waals surface area contributed by atoms with Crippen molar-refractivity contribution in [3.05, 3.63) is 0 Å². The van der Waals surface area contributed by atoms with Crippen LogP contribution in [0.25, 0.3) is 0 Å². The van der Waals surface area contributed by atoms with E-state index in [1.165, 1.54) is 19.3 Å². The largest absolute Gasteiger partial charge is 0.375 e. The Hall–Kier alpha value is -0.900. The van der Waals surface area contributed by atoms with Gasteiger partial charge >= 0.3 is 0 Å². The zero-order chi connectivity index (χ0) is 18.5. The van der Waals surface area contributed by atoms with Crippen LogP contribution in [-0.4, -0.2) is 30.4 Å². The van der Waals surface area contributed by atoms with E-state index >= 15 is 0 Å². The molecule has 0 bridgehead atoms. The van der Waals surface area contributed by atoms with Gasteiger partial charge in [0.15, 0.2) is 0 Å². The van der Waals surface area contributed by atoms with E-state index in [9.17, 15) is 9.59 Å². The predicted molar refractivity (Wildman–Crippen MR) is 103 cm³/mol. The fourth-order valence-electron chi connectivity index (χ4n) is 3.66. The lowest BCUT2D eigenvalue weighted by Crippen LogP contribution is -2.24. The van der Waals surface area contributed by atoms with Crippen LogP contribution < -0.4 is 5.32 Å². The third-order valence-electron chi connectivity index (χ3n) is 5.17. The van der Waals surface area contributed by atoms with Crippen LogP contribution >= 0.6 is 0 Å². The van der Waals surface area contributed by atoms with E-state index in [1.807, 2.05) is 0 Å². The predicted octanol–water partition coefficient (Wildman–Crippen LogP) is 4.80. The maximum Gasteiger partial charge on any atom is 0.219 e. The smallest absolute Gasteiger partial charge is 0.219 e. The molecular formula is C21H39NO3. The number of rotatable bonds is 14. The summed E-state index contributed by atoms with van der Waals surface area (Å²) in [4.78, 5) is 22.6. The average molecular weight is 354 g/mol. The quantitative estimate of drug-likeness (QED) is 0.457. The van der Waals surface area contributed by atoms with Gasteiger partial charge < -0.3 is 14.8 Å². The third kappa shape index (κ3) is 10.6. The number of ketones is 1. The molecule has 25 heavy (non-hydrogen) atoms. The Labute approximate surface area is 154 Å². The van der Waals surface area contributed by atoms with Gasteiger partial charge in [0.05, 0.1) is 12.2 Å². The van der Waals surface area contributed by atoms with Gasteiger partial charge in [-0.25, -0.2) is 0 Å². The molecule has 1 rings (SSSR count). The van der Waals surface area contributed by atoms with Crippen molar-refractivity contribution < 1.29 is 14.3 Å². The van der Waals surface area contributed by atoms with E-state index < -0.39 is 0 Å². The first-order valence-electron chi connectivity index (χ1n) is 10.4. The second kappa shape index (κ2) is 13.3. The summed E-state index contributed by atoms with van der Waals surface area (Å²) >= 11 is 0. The molecule has 0 radical (unpaired) electrons. The number of hydrogen-bond acceptors (Lipinski definition) is 3. The number of ether oxygens (including phenoxy) is 1. The average Bonchev–Trinajstić information content (AvgIpc) is 2.90.